The van der Waals surface area contributed by atoms with E-state index in [4.69, 9.17) is 4.52 Å². The van der Waals surface area contributed by atoms with Crippen LogP contribution in [-0.2, 0) is 11.0 Å². The highest BCUT2D eigenvalue weighted by Crippen LogP contribution is 2.31. The fourth-order valence-corrected chi connectivity index (χ4v) is 2.20. The summed E-state index contributed by atoms with van der Waals surface area (Å²) in [5.74, 6) is 0.00603. The van der Waals surface area contributed by atoms with E-state index in [1.165, 1.54) is 12.1 Å². The third-order valence-corrected chi connectivity index (χ3v) is 3.33. The van der Waals surface area contributed by atoms with Crippen LogP contribution in [0.15, 0.2) is 28.8 Å². The van der Waals surface area contributed by atoms with Crippen molar-refractivity contribution in [3.05, 3.63) is 35.7 Å². The lowest BCUT2D eigenvalue weighted by Gasteiger charge is -2.18. The van der Waals surface area contributed by atoms with E-state index in [0.717, 1.165) is 12.1 Å². The number of hydrogen-bond acceptors (Lipinski definition) is 4. The Hall–Kier alpha value is -2.38. The molecule has 0 aliphatic carbocycles. The zero-order chi connectivity index (χ0) is 18.8. The van der Waals surface area contributed by atoms with Gasteiger partial charge in [0.15, 0.2) is 0 Å². The molecule has 136 valence electrons. The van der Waals surface area contributed by atoms with E-state index in [1.54, 1.807) is 6.92 Å². The highest BCUT2D eigenvalue weighted by Gasteiger charge is 2.31. The van der Waals surface area contributed by atoms with Crippen LogP contribution in [-0.4, -0.2) is 16.0 Å². The van der Waals surface area contributed by atoms with Gasteiger partial charge in [-0.3, -0.25) is 4.79 Å². The predicted molar refractivity (Wildman–Crippen MR) is 85.4 cm³/mol. The number of nitrogens with zero attached hydrogens (tertiary/aromatic N) is 2. The van der Waals surface area contributed by atoms with E-state index in [1.807, 2.05) is 20.8 Å². The molecule has 1 heterocycles. The highest BCUT2D eigenvalue weighted by atomic mass is 19.4. The van der Waals surface area contributed by atoms with Crippen molar-refractivity contribution in [3.8, 4) is 11.4 Å². The molecule has 0 aliphatic heterocycles. The van der Waals surface area contributed by atoms with E-state index in [0.29, 0.717) is 6.42 Å². The molecular weight excluding hydrogens is 335 g/mol. The number of aromatic nitrogens is 2. The second kappa shape index (κ2) is 6.85. The van der Waals surface area contributed by atoms with Crippen LogP contribution in [0.25, 0.3) is 11.4 Å². The second-order valence-corrected chi connectivity index (χ2v) is 7.06. The van der Waals surface area contributed by atoms with E-state index >= 15 is 0 Å². The summed E-state index contributed by atoms with van der Waals surface area (Å²) in [5.41, 5.74) is -0.761. The topological polar surface area (TPSA) is 68.0 Å². The molecule has 2 aromatic rings. The Kier molecular flexibility index (Phi) is 5.20. The Morgan fingerprint density at radius 3 is 2.56 bits per heavy atom. The molecule has 8 heteroatoms. The third-order valence-electron chi connectivity index (χ3n) is 3.33. The average molecular weight is 355 g/mol. The van der Waals surface area contributed by atoms with Crippen molar-refractivity contribution < 1.29 is 22.5 Å². The summed E-state index contributed by atoms with van der Waals surface area (Å²) in [6, 6.07) is 4.13. The molecule has 1 unspecified atom stereocenters. The first-order valence-corrected chi connectivity index (χ1v) is 7.76. The molecule has 1 amide bonds. The molecule has 0 radical (unpaired) electrons. The molecule has 1 N–H and O–H groups in total. The van der Waals surface area contributed by atoms with Gasteiger partial charge in [-0.25, -0.2) is 0 Å². The Morgan fingerprint density at radius 1 is 1.28 bits per heavy atom. The monoisotopic (exact) mass is 355 g/mol. The number of benzene rings is 1. The van der Waals surface area contributed by atoms with Gasteiger partial charge in [0.05, 0.1) is 5.56 Å². The van der Waals surface area contributed by atoms with E-state index in [-0.39, 0.29) is 28.6 Å². The van der Waals surface area contributed by atoms with E-state index in [2.05, 4.69) is 15.5 Å². The number of hydrogen-bond donors (Lipinski definition) is 1. The smallest absolute Gasteiger partial charge is 0.345 e. The number of rotatable bonds is 4. The molecular formula is C17H20F3N3O2. The molecule has 0 saturated carbocycles. The van der Waals surface area contributed by atoms with Crippen LogP contribution in [0, 0.1) is 5.41 Å². The highest BCUT2D eigenvalue weighted by molar-refractivity contribution is 5.76. The van der Waals surface area contributed by atoms with Crippen LogP contribution >= 0.6 is 0 Å². The van der Waals surface area contributed by atoms with Crippen molar-refractivity contribution in [1.29, 1.82) is 0 Å². The maximum Gasteiger partial charge on any atom is 0.416 e. The fraction of sp³-hybridized carbons (Fsp3) is 0.471. The van der Waals surface area contributed by atoms with Crippen molar-refractivity contribution in [1.82, 2.24) is 15.5 Å². The minimum absolute atomic E-state index is 0.0398. The van der Waals surface area contributed by atoms with Gasteiger partial charge in [0, 0.05) is 12.0 Å². The summed E-state index contributed by atoms with van der Waals surface area (Å²) >= 11 is 0. The molecule has 0 fully saturated rings. The molecule has 0 spiro atoms. The summed E-state index contributed by atoms with van der Waals surface area (Å²) in [5, 5.41) is 6.45. The number of carbonyl (C=O) groups is 1. The number of carbonyl (C=O) groups excluding carboxylic acids is 1. The SMILES string of the molecule is CC(NC(=O)CC(C)(C)C)c1nc(-c2cccc(C(F)(F)F)c2)no1. The van der Waals surface area contributed by atoms with Crippen LogP contribution in [0.1, 0.15) is 51.6 Å². The van der Waals surface area contributed by atoms with Gasteiger partial charge >= 0.3 is 6.18 Å². The van der Waals surface area contributed by atoms with Crippen molar-refractivity contribution in [2.24, 2.45) is 5.41 Å². The van der Waals surface area contributed by atoms with E-state index < -0.39 is 17.8 Å². The largest absolute Gasteiger partial charge is 0.416 e. The first kappa shape index (κ1) is 19.0. The summed E-state index contributed by atoms with van der Waals surface area (Å²) in [6.07, 6.45) is -4.12. The summed E-state index contributed by atoms with van der Waals surface area (Å²) in [6.45, 7) is 7.49. The average Bonchev–Trinajstić information content (AvgIpc) is 2.94. The van der Waals surface area contributed by atoms with E-state index in [9.17, 15) is 18.0 Å². The van der Waals surface area contributed by atoms with Crippen LogP contribution < -0.4 is 5.32 Å². The molecule has 1 aromatic carbocycles. The Labute approximate surface area is 143 Å². The number of amides is 1. The molecule has 1 aromatic heterocycles. The Morgan fingerprint density at radius 2 is 1.96 bits per heavy atom. The zero-order valence-corrected chi connectivity index (χ0v) is 14.4. The minimum atomic E-state index is -4.45. The lowest BCUT2D eigenvalue weighted by atomic mass is 9.92. The van der Waals surface area contributed by atoms with Crippen LogP contribution in [0.5, 0.6) is 0 Å². The molecule has 0 saturated heterocycles. The first-order chi connectivity index (χ1) is 11.5. The first-order valence-electron chi connectivity index (χ1n) is 7.76. The number of nitrogens with one attached hydrogen (secondary N) is 1. The third kappa shape index (κ3) is 5.30. The molecule has 0 aliphatic rings. The maximum absolute atomic E-state index is 12.8. The summed E-state index contributed by atoms with van der Waals surface area (Å²) < 4.78 is 43.4. The van der Waals surface area contributed by atoms with Crippen molar-refractivity contribution in [3.63, 3.8) is 0 Å². The Bertz CT molecular complexity index is 748. The molecule has 25 heavy (non-hydrogen) atoms. The summed E-state index contributed by atoms with van der Waals surface area (Å²) in [7, 11) is 0. The van der Waals surface area contributed by atoms with Crippen LogP contribution in [0.3, 0.4) is 0 Å². The van der Waals surface area contributed by atoms with Gasteiger partial charge in [-0.05, 0) is 24.5 Å². The van der Waals surface area contributed by atoms with Gasteiger partial charge in [-0.2, -0.15) is 18.2 Å². The second-order valence-electron chi connectivity index (χ2n) is 7.06. The molecule has 1 atom stereocenters. The quantitative estimate of drug-likeness (QED) is 0.884. The van der Waals surface area contributed by atoms with Gasteiger partial charge in [-0.1, -0.05) is 38.1 Å². The molecule has 0 bridgehead atoms. The van der Waals surface area contributed by atoms with Gasteiger partial charge < -0.3 is 9.84 Å². The van der Waals surface area contributed by atoms with Crippen LogP contribution in [0.4, 0.5) is 13.2 Å². The standard InChI is InChI=1S/C17H20F3N3O2/c1-10(21-13(24)9-16(2,3)4)15-22-14(23-25-15)11-6-5-7-12(8-11)17(18,19)20/h5-8,10H,9H2,1-4H3,(H,21,24). The minimum Gasteiger partial charge on any atom is -0.345 e. The number of halogens is 3. The zero-order valence-electron chi connectivity index (χ0n) is 14.4. The van der Waals surface area contributed by atoms with Crippen molar-refractivity contribution in [2.45, 2.75) is 46.3 Å². The Balaban J connectivity index is 2.13. The van der Waals surface area contributed by atoms with Gasteiger partial charge in [0.2, 0.25) is 17.6 Å². The number of alkyl halides is 3. The van der Waals surface area contributed by atoms with Crippen molar-refractivity contribution in [2.75, 3.05) is 0 Å². The summed E-state index contributed by atoms with van der Waals surface area (Å²) in [4.78, 5) is 16.0. The maximum atomic E-state index is 12.8. The molecule has 2 rings (SSSR count). The lowest BCUT2D eigenvalue weighted by molar-refractivity contribution is -0.137. The fourth-order valence-electron chi connectivity index (χ4n) is 2.20. The van der Waals surface area contributed by atoms with Gasteiger partial charge in [0.25, 0.3) is 0 Å². The predicted octanol–water partition coefficient (Wildman–Crippen LogP) is 4.37. The van der Waals surface area contributed by atoms with Gasteiger partial charge in [0.1, 0.15) is 6.04 Å². The lowest BCUT2D eigenvalue weighted by Crippen LogP contribution is -2.30. The van der Waals surface area contributed by atoms with Crippen molar-refractivity contribution >= 4 is 5.91 Å². The van der Waals surface area contributed by atoms with Gasteiger partial charge in [-0.15, -0.1) is 0 Å². The molecule has 5 nitrogen and oxygen atoms in total. The van der Waals surface area contributed by atoms with Crippen LogP contribution in [0.2, 0.25) is 0 Å². The normalized spacial score (nSPS) is 13.6.